The highest BCUT2D eigenvalue weighted by molar-refractivity contribution is 5.80. The number of rotatable bonds is 1. The van der Waals surface area contributed by atoms with Gasteiger partial charge in [0.05, 0.1) is 19.1 Å². The number of carbonyl (C=O) groups excluding carboxylic acids is 1. The zero-order valence-corrected chi connectivity index (χ0v) is 11.8. The second kappa shape index (κ2) is 5.38. The van der Waals surface area contributed by atoms with Crippen LogP contribution in [0.25, 0.3) is 0 Å². The van der Waals surface area contributed by atoms with Crippen LogP contribution in [0.1, 0.15) is 26.2 Å². The predicted octanol–water partition coefficient (Wildman–Crippen LogP) is 0.0453. The van der Waals surface area contributed by atoms with E-state index in [9.17, 15) is 4.79 Å². The number of hydrogen-bond donors (Lipinski definition) is 1. The molecule has 0 radical (unpaired) electrons. The lowest BCUT2D eigenvalue weighted by molar-refractivity contribution is -0.142. The Bertz CT molecular complexity index is 350. The van der Waals surface area contributed by atoms with E-state index >= 15 is 0 Å². The fraction of sp³-hybridized carbons (Fsp3) is 0.929. The van der Waals surface area contributed by atoms with Crippen LogP contribution < -0.4 is 5.73 Å². The summed E-state index contributed by atoms with van der Waals surface area (Å²) >= 11 is 0. The number of nitrogens with zero attached hydrogens (tertiary/aromatic N) is 2. The van der Waals surface area contributed by atoms with Crippen molar-refractivity contribution in [1.82, 2.24) is 9.80 Å². The summed E-state index contributed by atoms with van der Waals surface area (Å²) in [5.41, 5.74) is 5.98. The molecule has 0 saturated carbocycles. The molecule has 19 heavy (non-hydrogen) atoms. The van der Waals surface area contributed by atoms with Gasteiger partial charge in [-0.1, -0.05) is 6.42 Å². The van der Waals surface area contributed by atoms with Crippen molar-refractivity contribution in [2.24, 2.45) is 11.7 Å². The Kier molecular flexibility index (Phi) is 3.78. The molecule has 0 bridgehead atoms. The van der Waals surface area contributed by atoms with E-state index < -0.39 is 0 Å². The summed E-state index contributed by atoms with van der Waals surface area (Å²) in [4.78, 5) is 17.3. The molecule has 3 heterocycles. The lowest BCUT2D eigenvalue weighted by Gasteiger charge is -2.48. The van der Waals surface area contributed by atoms with Gasteiger partial charge in [-0.25, -0.2) is 0 Å². The van der Waals surface area contributed by atoms with E-state index in [1.54, 1.807) is 0 Å². The van der Waals surface area contributed by atoms with Gasteiger partial charge in [0.2, 0.25) is 5.91 Å². The highest BCUT2D eigenvalue weighted by atomic mass is 16.5. The molecule has 0 spiro atoms. The summed E-state index contributed by atoms with van der Waals surface area (Å²) in [5.74, 6) is 0.0836. The molecule has 0 aromatic heterocycles. The van der Waals surface area contributed by atoms with Gasteiger partial charge in [-0.2, -0.15) is 0 Å². The average molecular weight is 267 g/mol. The van der Waals surface area contributed by atoms with Gasteiger partial charge in [-0.3, -0.25) is 9.69 Å². The maximum absolute atomic E-state index is 12.6. The van der Waals surface area contributed by atoms with Crippen LogP contribution in [0.5, 0.6) is 0 Å². The Morgan fingerprint density at radius 3 is 2.84 bits per heavy atom. The van der Waals surface area contributed by atoms with Crippen LogP contribution >= 0.6 is 0 Å². The van der Waals surface area contributed by atoms with Gasteiger partial charge in [-0.15, -0.1) is 0 Å². The van der Waals surface area contributed by atoms with Crippen LogP contribution in [0, 0.1) is 5.92 Å². The molecule has 4 atom stereocenters. The first kappa shape index (κ1) is 13.3. The SMILES string of the molecule is CC1CN2CCCCC2CN1C(=O)C1COCC1N. The first-order chi connectivity index (χ1) is 9.16. The normalized spacial score (nSPS) is 40.2. The van der Waals surface area contributed by atoms with Crippen molar-refractivity contribution in [2.45, 2.75) is 44.3 Å². The fourth-order valence-electron chi connectivity index (χ4n) is 3.70. The number of hydrogen-bond acceptors (Lipinski definition) is 4. The quantitative estimate of drug-likeness (QED) is 0.729. The molecule has 4 unspecified atom stereocenters. The maximum atomic E-state index is 12.6. The zero-order chi connectivity index (χ0) is 13.4. The smallest absolute Gasteiger partial charge is 0.230 e. The topological polar surface area (TPSA) is 58.8 Å². The van der Waals surface area contributed by atoms with Crippen LogP contribution in [0.2, 0.25) is 0 Å². The number of fused-ring (bicyclic) bond motifs is 1. The first-order valence-electron chi connectivity index (χ1n) is 7.54. The molecule has 5 heteroatoms. The van der Waals surface area contributed by atoms with Crippen LogP contribution in [-0.4, -0.2) is 66.7 Å². The number of piperidine rings is 1. The maximum Gasteiger partial charge on any atom is 0.230 e. The molecule has 3 aliphatic rings. The third kappa shape index (κ3) is 2.51. The standard InChI is InChI=1S/C14H25N3O2/c1-10-6-16-5-3-2-4-11(16)7-17(10)14(18)12-8-19-9-13(12)15/h10-13H,2-9,15H2,1H3. The Morgan fingerprint density at radius 2 is 2.11 bits per heavy atom. The summed E-state index contributed by atoms with van der Waals surface area (Å²) in [6.45, 7) is 6.27. The highest BCUT2D eigenvalue weighted by Gasteiger charge is 2.40. The van der Waals surface area contributed by atoms with Crippen molar-refractivity contribution in [3.05, 3.63) is 0 Å². The molecule has 3 aliphatic heterocycles. The summed E-state index contributed by atoms with van der Waals surface area (Å²) in [6.07, 6.45) is 3.83. The largest absolute Gasteiger partial charge is 0.379 e. The van der Waals surface area contributed by atoms with Gasteiger partial charge >= 0.3 is 0 Å². The van der Waals surface area contributed by atoms with Crippen molar-refractivity contribution < 1.29 is 9.53 Å². The highest BCUT2D eigenvalue weighted by Crippen LogP contribution is 2.26. The van der Waals surface area contributed by atoms with E-state index in [0.717, 1.165) is 13.1 Å². The third-order valence-electron chi connectivity index (χ3n) is 4.91. The van der Waals surface area contributed by atoms with Crippen molar-refractivity contribution in [1.29, 1.82) is 0 Å². The Labute approximate surface area is 115 Å². The van der Waals surface area contributed by atoms with Gasteiger partial charge in [0, 0.05) is 31.2 Å². The minimum atomic E-state index is -0.127. The number of piperazine rings is 1. The van der Waals surface area contributed by atoms with E-state index in [1.165, 1.54) is 25.8 Å². The molecule has 3 rings (SSSR count). The molecule has 0 aromatic carbocycles. The fourth-order valence-corrected chi connectivity index (χ4v) is 3.70. The zero-order valence-electron chi connectivity index (χ0n) is 11.8. The van der Waals surface area contributed by atoms with E-state index in [4.69, 9.17) is 10.5 Å². The van der Waals surface area contributed by atoms with Crippen LogP contribution in [-0.2, 0) is 9.53 Å². The second-order valence-electron chi connectivity index (χ2n) is 6.29. The van der Waals surface area contributed by atoms with E-state index in [2.05, 4.69) is 16.7 Å². The molecular weight excluding hydrogens is 242 g/mol. The van der Waals surface area contributed by atoms with Crippen LogP contribution in [0.3, 0.4) is 0 Å². The van der Waals surface area contributed by atoms with E-state index in [0.29, 0.717) is 25.3 Å². The molecular formula is C14H25N3O2. The lowest BCUT2D eigenvalue weighted by atomic mass is 9.95. The van der Waals surface area contributed by atoms with Crippen LogP contribution in [0.4, 0.5) is 0 Å². The first-order valence-corrected chi connectivity index (χ1v) is 7.54. The number of carbonyl (C=O) groups is 1. The lowest BCUT2D eigenvalue weighted by Crippen LogP contribution is -2.61. The van der Waals surface area contributed by atoms with Crippen LogP contribution in [0.15, 0.2) is 0 Å². The molecule has 1 amide bonds. The predicted molar refractivity (Wildman–Crippen MR) is 72.7 cm³/mol. The summed E-state index contributed by atoms with van der Waals surface area (Å²) in [5, 5.41) is 0. The second-order valence-corrected chi connectivity index (χ2v) is 6.29. The van der Waals surface area contributed by atoms with Gasteiger partial charge in [0.25, 0.3) is 0 Å². The third-order valence-corrected chi connectivity index (χ3v) is 4.91. The van der Waals surface area contributed by atoms with Crippen molar-refractivity contribution in [2.75, 3.05) is 32.8 Å². The van der Waals surface area contributed by atoms with Crippen molar-refractivity contribution in [3.63, 3.8) is 0 Å². The molecule has 0 aliphatic carbocycles. The van der Waals surface area contributed by atoms with Gasteiger partial charge in [0.1, 0.15) is 0 Å². The van der Waals surface area contributed by atoms with Gasteiger partial charge in [-0.05, 0) is 26.3 Å². The Balaban J connectivity index is 1.68. The minimum absolute atomic E-state index is 0.121. The molecule has 3 fully saturated rings. The molecule has 0 aromatic rings. The summed E-state index contributed by atoms with van der Waals surface area (Å²) < 4.78 is 5.34. The molecule has 108 valence electrons. The van der Waals surface area contributed by atoms with E-state index in [-0.39, 0.29) is 17.9 Å². The Morgan fingerprint density at radius 1 is 1.26 bits per heavy atom. The number of ether oxygens (including phenoxy) is 1. The van der Waals surface area contributed by atoms with Gasteiger partial charge < -0.3 is 15.4 Å². The van der Waals surface area contributed by atoms with E-state index in [1.807, 2.05) is 0 Å². The minimum Gasteiger partial charge on any atom is -0.379 e. The number of amides is 1. The van der Waals surface area contributed by atoms with Crippen molar-refractivity contribution in [3.8, 4) is 0 Å². The van der Waals surface area contributed by atoms with Gasteiger partial charge in [0.15, 0.2) is 0 Å². The summed E-state index contributed by atoms with van der Waals surface area (Å²) in [6, 6.07) is 0.742. The molecule has 2 N–H and O–H groups in total. The monoisotopic (exact) mass is 267 g/mol. The molecule has 3 saturated heterocycles. The Hall–Kier alpha value is -0.650. The van der Waals surface area contributed by atoms with Crippen molar-refractivity contribution >= 4 is 5.91 Å². The summed E-state index contributed by atoms with van der Waals surface area (Å²) in [7, 11) is 0. The number of nitrogens with two attached hydrogens (primary N) is 1. The average Bonchev–Trinajstić information content (AvgIpc) is 2.83. The molecule has 5 nitrogen and oxygen atoms in total.